The largest absolute Gasteiger partial charge is 0.355 e. The van der Waals surface area contributed by atoms with Gasteiger partial charge in [0.1, 0.15) is 0 Å². The average molecular weight is 508 g/mol. The molecule has 0 aliphatic carbocycles. The summed E-state index contributed by atoms with van der Waals surface area (Å²) in [5.74, 6) is -0.470. The summed E-state index contributed by atoms with van der Waals surface area (Å²) >= 11 is 0. The van der Waals surface area contributed by atoms with Gasteiger partial charge in [0.15, 0.2) is 0 Å². The molecule has 0 fully saturated rings. The highest BCUT2D eigenvalue weighted by Gasteiger charge is 2.22. The Balaban J connectivity index is 1.58. The lowest BCUT2D eigenvalue weighted by atomic mass is 10.1. The van der Waals surface area contributed by atoms with E-state index in [4.69, 9.17) is 4.84 Å². The maximum absolute atomic E-state index is 12.9. The van der Waals surface area contributed by atoms with Crippen molar-refractivity contribution in [3.8, 4) is 0 Å². The molecule has 186 valence electrons. The number of amides is 1. The van der Waals surface area contributed by atoms with E-state index in [0.29, 0.717) is 22.3 Å². The predicted molar refractivity (Wildman–Crippen MR) is 138 cm³/mol. The first-order chi connectivity index (χ1) is 17.1. The number of hydrogen-bond donors (Lipinski definition) is 2. The third-order valence-electron chi connectivity index (χ3n) is 5.68. The molecule has 0 bridgehead atoms. The van der Waals surface area contributed by atoms with Crippen molar-refractivity contribution in [1.82, 2.24) is 14.0 Å². The van der Waals surface area contributed by atoms with Gasteiger partial charge in [-0.1, -0.05) is 16.6 Å². The molecule has 10 nitrogen and oxygen atoms in total. The van der Waals surface area contributed by atoms with Crippen LogP contribution in [0, 0.1) is 6.92 Å². The highest BCUT2D eigenvalue weighted by Crippen LogP contribution is 2.26. The van der Waals surface area contributed by atoms with Crippen molar-refractivity contribution in [3.63, 3.8) is 0 Å². The van der Waals surface area contributed by atoms with Gasteiger partial charge < -0.3 is 15.2 Å². The zero-order valence-electron chi connectivity index (χ0n) is 20.1. The summed E-state index contributed by atoms with van der Waals surface area (Å²) in [5.41, 5.74) is 3.47. The number of rotatable bonds is 7. The van der Waals surface area contributed by atoms with E-state index in [9.17, 15) is 18.0 Å². The first-order valence-corrected chi connectivity index (χ1v) is 12.3. The van der Waals surface area contributed by atoms with E-state index in [0.717, 1.165) is 15.7 Å². The fourth-order valence-corrected chi connectivity index (χ4v) is 4.55. The van der Waals surface area contributed by atoms with Crippen LogP contribution in [0.5, 0.6) is 0 Å². The molecule has 0 saturated carbocycles. The zero-order chi connectivity index (χ0) is 26.0. The van der Waals surface area contributed by atoms with Gasteiger partial charge in [-0.15, -0.1) is 0 Å². The third kappa shape index (κ3) is 4.98. The first kappa shape index (κ1) is 25.0. The number of hydroxylamine groups is 1. The van der Waals surface area contributed by atoms with E-state index in [2.05, 4.69) is 15.6 Å². The van der Waals surface area contributed by atoms with Crippen molar-refractivity contribution >= 4 is 43.9 Å². The first-order valence-electron chi connectivity index (χ1n) is 10.9. The van der Waals surface area contributed by atoms with E-state index in [1.165, 1.54) is 49.3 Å². The Labute approximate surface area is 208 Å². The Morgan fingerprint density at radius 3 is 2.56 bits per heavy atom. The van der Waals surface area contributed by atoms with Crippen molar-refractivity contribution in [3.05, 3.63) is 88.5 Å². The lowest BCUT2D eigenvalue weighted by molar-refractivity contribution is -0.0258. The molecule has 4 aromatic rings. The number of fused-ring (bicyclic) bond motifs is 1. The molecule has 36 heavy (non-hydrogen) atoms. The zero-order valence-corrected chi connectivity index (χ0v) is 21.0. The quantitative estimate of drug-likeness (QED) is 0.368. The minimum atomic E-state index is -3.89. The molecule has 0 radical (unpaired) electrons. The average Bonchev–Trinajstić information content (AvgIpc) is 2.88. The summed E-state index contributed by atoms with van der Waals surface area (Å²) in [4.78, 5) is 34.3. The highest BCUT2D eigenvalue weighted by atomic mass is 32.2. The summed E-state index contributed by atoms with van der Waals surface area (Å²) < 4.78 is 27.2. The van der Waals surface area contributed by atoms with Gasteiger partial charge in [-0.2, -0.15) is 0 Å². The normalized spacial score (nSPS) is 11.6. The molecule has 0 aliphatic heterocycles. The monoisotopic (exact) mass is 507 g/mol. The van der Waals surface area contributed by atoms with Crippen molar-refractivity contribution in [2.45, 2.75) is 11.8 Å². The Hall–Kier alpha value is -4.06. The van der Waals surface area contributed by atoms with E-state index < -0.39 is 15.9 Å². The van der Waals surface area contributed by atoms with Crippen LogP contribution in [0.15, 0.2) is 76.7 Å². The van der Waals surface area contributed by atoms with Crippen molar-refractivity contribution < 1.29 is 18.0 Å². The van der Waals surface area contributed by atoms with Gasteiger partial charge in [-0.3, -0.25) is 14.4 Å². The van der Waals surface area contributed by atoms with Crippen molar-refractivity contribution in [2.75, 3.05) is 24.8 Å². The molecule has 11 heteroatoms. The molecule has 0 unspecified atom stereocenters. The maximum Gasteiger partial charge on any atom is 0.264 e. The SMILES string of the molecule is CON(C)S(=O)(=O)c1cccc(C(=O)Nc2ccc(C)c(Nc3ccc4ncn(C)c(=O)c4c3)c2)c1. The van der Waals surface area contributed by atoms with Gasteiger partial charge in [0, 0.05) is 36.7 Å². The molecule has 1 amide bonds. The maximum atomic E-state index is 12.9. The fraction of sp³-hybridized carbons (Fsp3) is 0.160. The molecule has 1 heterocycles. The van der Waals surface area contributed by atoms with Crippen LogP contribution in [0.2, 0.25) is 0 Å². The minimum absolute atomic E-state index is 0.0669. The molecule has 2 N–H and O–H groups in total. The lowest BCUT2D eigenvalue weighted by Gasteiger charge is -2.15. The Bertz CT molecular complexity index is 1630. The molecule has 3 aromatic carbocycles. The summed E-state index contributed by atoms with van der Waals surface area (Å²) in [6.07, 6.45) is 1.48. The van der Waals surface area contributed by atoms with Crippen LogP contribution in [0.25, 0.3) is 10.9 Å². The Kier molecular flexibility index (Phi) is 6.88. The van der Waals surface area contributed by atoms with E-state index in [1.807, 2.05) is 19.1 Å². The van der Waals surface area contributed by atoms with Crippen LogP contribution in [-0.2, 0) is 21.9 Å². The number of sulfonamides is 1. The Morgan fingerprint density at radius 2 is 1.81 bits per heavy atom. The number of hydrogen-bond acceptors (Lipinski definition) is 7. The second-order valence-electron chi connectivity index (χ2n) is 8.13. The number of carbonyl (C=O) groups excluding carboxylic acids is 1. The smallest absolute Gasteiger partial charge is 0.264 e. The number of aryl methyl sites for hydroxylation is 2. The second kappa shape index (κ2) is 9.90. The van der Waals surface area contributed by atoms with Crippen LogP contribution < -0.4 is 16.2 Å². The van der Waals surface area contributed by atoms with Gasteiger partial charge in [0.25, 0.3) is 21.5 Å². The van der Waals surface area contributed by atoms with Crippen molar-refractivity contribution in [1.29, 1.82) is 0 Å². The molecule has 4 rings (SSSR count). The van der Waals surface area contributed by atoms with E-state index in [1.54, 1.807) is 31.3 Å². The van der Waals surface area contributed by atoms with Gasteiger partial charge in [0.05, 0.1) is 29.2 Å². The molecular weight excluding hydrogens is 482 g/mol. The van der Waals surface area contributed by atoms with Gasteiger partial charge >= 0.3 is 0 Å². The molecule has 0 aliphatic rings. The minimum Gasteiger partial charge on any atom is -0.355 e. The summed E-state index contributed by atoms with van der Waals surface area (Å²) in [6.45, 7) is 1.91. The van der Waals surface area contributed by atoms with Crippen LogP contribution in [-0.4, -0.2) is 42.5 Å². The fourth-order valence-electron chi connectivity index (χ4n) is 3.53. The summed E-state index contributed by atoms with van der Waals surface area (Å²) in [6, 6.07) is 16.4. The predicted octanol–water partition coefficient (Wildman–Crippen LogP) is 3.42. The van der Waals surface area contributed by atoms with Gasteiger partial charge in [-0.05, 0) is 61.0 Å². The number of anilines is 3. The number of nitrogens with one attached hydrogen (secondary N) is 2. The second-order valence-corrected chi connectivity index (χ2v) is 10.1. The molecular formula is C25H25N5O5S. The number of aromatic nitrogens is 2. The number of benzene rings is 3. The van der Waals surface area contributed by atoms with Crippen molar-refractivity contribution in [2.24, 2.45) is 7.05 Å². The molecule has 0 spiro atoms. The molecule has 0 saturated heterocycles. The highest BCUT2D eigenvalue weighted by molar-refractivity contribution is 7.89. The number of carbonyl (C=O) groups is 1. The van der Waals surface area contributed by atoms with Crippen LogP contribution in [0.4, 0.5) is 17.1 Å². The Morgan fingerprint density at radius 1 is 1.06 bits per heavy atom. The van der Waals surface area contributed by atoms with Gasteiger partial charge in [0.2, 0.25) is 0 Å². The standard InChI is InChI=1S/C25H25N5O5S/c1-16-8-9-19(28-24(31)17-6-5-7-20(12-17)36(33,34)30(3)35-4)14-23(16)27-18-10-11-22-21(13-18)25(32)29(2)15-26-22/h5-15,27H,1-4H3,(H,28,31). The van der Waals surface area contributed by atoms with Crippen LogP contribution >= 0.6 is 0 Å². The number of nitrogens with zero attached hydrogens (tertiary/aromatic N) is 3. The summed E-state index contributed by atoms with van der Waals surface area (Å²) in [7, 11) is 0.264. The van der Waals surface area contributed by atoms with E-state index in [-0.39, 0.29) is 16.0 Å². The van der Waals surface area contributed by atoms with E-state index >= 15 is 0 Å². The molecule has 0 atom stereocenters. The van der Waals surface area contributed by atoms with Crippen LogP contribution in [0.1, 0.15) is 15.9 Å². The van der Waals surface area contributed by atoms with Crippen LogP contribution in [0.3, 0.4) is 0 Å². The van der Waals surface area contributed by atoms with Gasteiger partial charge in [-0.25, -0.2) is 13.4 Å². The molecule has 1 aromatic heterocycles. The summed E-state index contributed by atoms with van der Waals surface area (Å²) in [5, 5.41) is 6.57. The third-order valence-corrected chi connectivity index (χ3v) is 7.36. The lowest BCUT2D eigenvalue weighted by Crippen LogP contribution is -2.26. The topological polar surface area (TPSA) is 123 Å².